The lowest BCUT2D eigenvalue weighted by atomic mass is 10.0. The number of nitrogens with zero attached hydrogens (tertiary/aromatic N) is 1. The summed E-state index contributed by atoms with van der Waals surface area (Å²) >= 11 is 6.16. The fraction of sp³-hybridized carbons (Fsp3) is 0.158. The predicted molar refractivity (Wildman–Crippen MR) is 96.3 cm³/mol. The van der Waals surface area contributed by atoms with Gasteiger partial charge in [0.1, 0.15) is 11.9 Å². The highest BCUT2D eigenvalue weighted by Gasteiger charge is 2.38. The number of hydrogen-bond donors (Lipinski definition) is 2. The molecule has 4 rings (SSSR count). The molecule has 26 heavy (non-hydrogen) atoms. The lowest BCUT2D eigenvalue weighted by Crippen LogP contribution is -2.32. The number of hydrogen-bond acceptors (Lipinski definition) is 2. The van der Waals surface area contributed by atoms with Crippen molar-refractivity contribution in [2.45, 2.75) is 19.0 Å². The van der Waals surface area contributed by atoms with Gasteiger partial charge in [-0.3, -0.25) is 9.69 Å². The quantitative estimate of drug-likeness (QED) is 0.688. The molecule has 1 aliphatic heterocycles. The van der Waals surface area contributed by atoms with E-state index in [9.17, 15) is 14.0 Å². The molecule has 1 unspecified atom stereocenters. The van der Waals surface area contributed by atoms with Crippen LogP contribution in [0.4, 0.5) is 9.18 Å². The molecule has 0 spiro atoms. The Hall–Kier alpha value is -2.86. The molecule has 3 amide bonds. The van der Waals surface area contributed by atoms with Gasteiger partial charge >= 0.3 is 6.03 Å². The number of carbonyl (C=O) groups is 2. The highest BCUT2D eigenvalue weighted by molar-refractivity contribution is 6.35. The Morgan fingerprint density at radius 2 is 1.96 bits per heavy atom. The van der Waals surface area contributed by atoms with E-state index in [-0.39, 0.29) is 12.5 Å². The molecule has 0 radical (unpaired) electrons. The number of imide groups is 1. The number of benzene rings is 2. The van der Waals surface area contributed by atoms with E-state index in [0.29, 0.717) is 17.0 Å². The van der Waals surface area contributed by atoms with Crippen molar-refractivity contribution in [2.24, 2.45) is 0 Å². The molecular weight excluding hydrogens is 357 g/mol. The second-order valence-electron chi connectivity index (χ2n) is 6.24. The van der Waals surface area contributed by atoms with Gasteiger partial charge in [0.25, 0.3) is 5.91 Å². The highest BCUT2D eigenvalue weighted by atomic mass is 35.5. The minimum atomic E-state index is -0.658. The van der Waals surface area contributed by atoms with E-state index in [2.05, 4.69) is 10.3 Å². The second-order valence-corrected chi connectivity index (χ2v) is 6.64. The summed E-state index contributed by atoms with van der Waals surface area (Å²) in [5.41, 5.74) is 2.26. The number of urea groups is 1. The molecular formula is C19H15ClFN3O2. The fourth-order valence-electron chi connectivity index (χ4n) is 3.25. The van der Waals surface area contributed by atoms with Gasteiger partial charge in [-0.2, -0.15) is 0 Å². The molecule has 1 saturated heterocycles. The van der Waals surface area contributed by atoms with Crippen LogP contribution in [0.1, 0.15) is 11.1 Å². The molecule has 132 valence electrons. The molecule has 0 saturated carbocycles. The van der Waals surface area contributed by atoms with Crippen molar-refractivity contribution < 1.29 is 14.0 Å². The van der Waals surface area contributed by atoms with Crippen LogP contribution in [0.5, 0.6) is 0 Å². The van der Waals surface area contributed by atoms with Crippen molar-refractivity contribution in [1.29, 1.82) is 0 Å². The first-order valence-corrected chi connectivity index (χ1v) is 8.51. The fourth-order valence-corrected chi connectivity index (χ4v) is 3.48. The zero-order valence-corrected chi connectivity index (χ0v) is 14.4. The number of nitrogens with one attached hydrogen (secondary N) is 2. The summed E-state index contributed by atoms with van der Waals surface area (Å²) in [5, 5.41) is 4.22. The van der Waals surface area contributed by atoms with Crippen LogP contribution in [0.3, 0.4) is 0 Å². The Labute approximate surface area is 153 Å². The van der Waals surface area contributed by atoms with E-state index in [1.54, 1.807) is 24.4 Å². The summed E-state index contributed by atoms with van der Waals surface area (Å²) in [7, 11) is 0. The number of carbonyl (C=O) groups excluding carboxylic acids is 2. The third-order valence-electron chi connectivity index (χ3n) is 4.51. The van der Waals surface area contributed by atoms with Crippen LogP contribution >= 0.6 is 11.6 Å². The van der Waals surface area contributed by atoms with E-state index < -0.39 is 17.9 Å². The molecule has 5 nitrogen and oxygen atoms in total. The number of halogens is 2. The van der Waals surface area contributed by atoms with Crippen LogP contribution in [-0.4, -0.2) is 27.9 Å². The van der Waals surface area contributed by atoms with Gasteiger partial charge in [0.2, 0.25) is 0 Å². The van der Waals surface area contributed by atoms with Gasteiger partial charge in [-0.15, -0.1) is 0 Å². The average Bonchev–Trinajstić information content (AvgIpc) is 3.13. The maximum Gasteiger partial charge on any atom is 0.325 e. The van der Waals surface area contributed by atoms with Crippen molar-refractivity contribution in [1.82, 2.24) is 15.2 Å². The van der Waals surface area contributed by atoms with E-state index in [1.807, 2.05) is 12.1 Å². The van der Waals surface area contributed by atoms with Gasteiger partial charge in [0.15, 0.2) is 0 Å². The molecule has 2 N–H and O–H groups in total. The Morgan fingerprint density at radius 1 is 1.15 bits per heavy atom. The first-order chi connectivity index (χ1) is 12.5. The second kappa shape index (κ2) is 6.46. The Bertz CT molecular complexity index is 1020. The van der Waals surface area contributed by atoms with Crippen LogP contribution < -0.4 is 5.32 Å². The van der Waals surface area contributed by atoms with Crippen LogP contribution in [0, 0.1) is 5.82 Å². The number of fused-ring (bicyclic) bond motifs is 1. The van der Waals surface area contributed by atoms with Gasteiger partial charge < -0.3 is 10.3 Å². The Balaban J connectivity index is 1.54. The monoisotopic (exact) mass is 371 g/mol. The third kappa shape index (κ3) is 2.93. The Morgan fingerprint density at radius 3 is 2.77 bits per heavy atom. The first-order valence-electron chi connectivity index (χ1n) is 8.14. The summed E-state index contributed by atoms with van der Waals surface area (Å²) in [6.07, 6.45) is 2.15. The summed E-state index contributed by atoms with van der Waals surface area (Å²) in [4.78, 5) is 29.1. The number of para-hydroxylation sites is 1. The van der Waals surface area contributed by atoms with Gasteiger partial charge in [-0.25, -0.2) is 9.18 Å². The molecule has 2 aromatic carbocycles. The van der Waals surface area contributed by atoms with Crippen LogP contribution in [0.25, 0.3) is 10.9 Å². The summed E-state index contributed by atoms with van der Waals surface area (Å²) in [5.74, 6) is -0.725. The van der Waals surface area contributed by atoms with E-state index in [4.69, 9.17) is 11.6 Å². The van der Waals surface area contributed by atoms with Gasteiger partial charge in [-0.05, 0) is 29.3 Å². The van der Waals surface area contributed by atoms with Crippen LogP contribution in [-0.2, 0) is 17.8 Å². The van der Waals surface area contributed by atoms with Gasteiger partial charge in [0, 0.05) is 18.0 Å². The standard InChI is InChI=1S/C19H15ClFN3O2/c20-15-6-2-5-14-12(9-22-17(14)15)8-16-18(25)24(19(26)23-16)10-11-3-1-4-13(21)7-11/h1-7,9,16,22H,8,10H2,(H,23,26). The summed E-state index contributed by atoms with van der Waals surface area (Å²) in [6, 6.07) is 10.3. The lowest BCUT2D eigenvalue weighted by Gasteiger charge is -2.13. The number of amides is 3. The minimum Gasteiger partial charge on any atom is -0.360 e. The van der Waals surface area contributed by atoms with Gasteiger partial charge in [0.05, 0.1) is 17.1 Å². The van der Waals surface area contributed by atoms with Crippen molar-refractivity contribution >= 4 is 34.4 Å². The first kappa shape index (κ1) is 16.6. The lowest BCUT2D eigenvalue weighted by molar-refractivity contribution is -0.127. The summed E-state index contributed by atoms with van der Waals surface area (Å²) in [6.45, 7) is 0.0403. The van der Waals surface area contributed by atoms with Crippen molar-refractivity contribution in [3.63, 3.8) is 0 Å². The van der Waals surface area contributed by atoms with E-state index in [1.165, 1.54) is 12.1 Å². The smallest absolute Gasteiger partial charge is 0.325 e. The maximum atomic E-state index is 13.3. The maximum absolute atomic E-state index is 13.3. The Kier molecular flexibility index (Phi) is 4.12. The molecule has 0 bridgehead atoms. The molecule has 3 aromatic rings. The summed E-state index contributed by atoms with van der Waals surface area (Å²) < 4.78 is 13.3. The largest absolute Gasteiger partial charge is 0.360 e. The van der Waals surface area contributed by atoms with E-state index in [0.717, 1.165) is 21.4 Å². The number of rotatable bonds is 4. The molecule has 0 aliphatic carbocycles. The topological polar surface area (TPSA) is 65.2 Å². The molecule has 1 aliphatic rings. The number of H-pyrrole nitrogens is 1. The minimum absolute atomic E-state index is 0.0403. The van der Waals surface area contributed by atoms with Crippen LogP contribution in [0.15, 0.2) is 48.7 Å². The van der Waals surface area contributed by atoms with E-state index >= 15 is 0 Å². The van der Waals surface area contributed by atoms with Crippen LogP contribution in [0.2, 0.25) is 5.02 Å². The van der Waals surface area contributed by atoms with Crippen molar-refractivity contribution in [2.75, 3.05) is 0 Å². The SMILES string of the molecule is O=C1NC(Cc2c[nH]c3c(Cl)cccc23)C(=O)N1Cc1cccc(F)c1. The molecule has 2 heterocycles. The third-order valence-corrected chi connectivity index (χ3v) is 4.83. The number of aromatic amines is 1. The molecule has 1 atom stereocenters. The zero-order chi connectivity index (χ0) is 18.3. The average molecular weight is 372 g/mol. The predicted octanol–water partition coefficient (Wildman–Crippen LogP) is 3.62. The molecule has 1 aromatic heterocycles. The molecule has 1 fully saturated rings. The zero-order valence-electron chi connectivity index (χ0n) is 13.6. The van der Waals surface area contributed by atoms with Crippen molar-refractivity contribution in [3.05, 3.63) is 70.6 Å². The number of aromatic nitrogens is 1. The van der Waals surface area contributed by atoms with Gasteiger partial charge in [-0.1, -0.05) is 35.9 Å². The highest BCUT2D eigenvalue weighted by Crippen LogP contribution is 2.27. The molecule has 7 heteroatoms. The normalized spacial score (nSPS) is 17.2. The van der Waals surface area contributed by atoms with Crippen molar-refractivity contribution in [3.8, 4) is 0 Å².